The highest BCUT2D eigenvalue weighted by Gasteiger charge is 2.28. The Bertz CT molecular complexity index is 681. The third-order valence-electron chi connectivity index (χ3n) is 4.66. The molecule has 0 N–H and O–H groups in total. The van der Waals surface area contributed by atoms with Gasteiger partial charge in [-0.25, -0.2) is 0 Å². The predicted molar refractivity (Wildman–Crippen MR) is 92.0 cm³/mol. The number of amides is 1. The Hall–Kier alpha value is -2.22. The van der Waals surface area contributed by atoms with E-state index in [4.69, 9.17) is 4.74 Å². The molecule has 136 valence electrons. The molecular formula is C17H26N6O2. The summed E-state index contributed by atoms with van der Waals surface area (Å²) in [5, 5.41) is 12.9. The maximum Gasteiger partial charge on any atom is 0.224 e. The van der Waals surface area contributed by atoms with Crippen molar-refractivity contribution in [2.75, 3.05) is 26.3 Å². The summed E-state index contributed by atoms with van der Waals surface area (Å²) in [5.41, 5.74) is 0. The van der Waals surface area contributed by atoms with Crippen LogP contribution in [0.15, 0.2) is 18.5 Å². The zero-order valence-electron chi connectivity index (χ0n) is 15.0. The molecule has 1 aliphatic heterocycles. The van der Waals surface area contributed by atoms with Gasteiger partial charge in [0.05, 0.1) is 13.0 Å². The first-order valence-corrected chi connectivity index (χ1v) is 8.90. The summed E-state index contributed by atoms with van der Waals surface area (Å²) in [7, 11) is 1.99. The lowest BCUT2D eigenvalue weighted by molar-refractivity contribution is -0.133. The van der Waals surface area contributed by atoms with Crippen LogP contribution in [0.4, 0.5) is 0 Å². The van der Waals surface area contributed by atoms with Gasteiger partial charge in [0, 0.05) is 45.1 Å². The molecule has 2 aromatic heterocycles. The van der Waals surface area contributed by atoms with Crippen LogP contribution < -0.4 is 0 Å². The van der Waals surface area contributed by atoms with E-state index in [9.17, 15) is 4.79 Å². The number of ether oxygens (including phenoxy) is 1. The average molecular weight is 346 g/mol. The van der Waals surface area contributed by atoms with Gasteiger partial charge in [-0.1, -0.05) is 0 Å². The summed E-state index contributed by atoms with van der Waals surface area (Å²) in [6.45, 7) is 5.21. The number of carbonyl (C=O) groups excluding carboxylic acids is 1. The van der Waals surface area contributed by atoms with Gasteiger partial charge in [0.15, 0.2) is 5.82 Å². The van der Waals surface area contributed by atoms with Gasteiger partial charge in [-0.15, -0.1) is 10.2 Å². The van der Waals surface area contributed by atoms with Crippen LogP contribution in [0.3, 0.4) is 0 Å². The highest BCUT2D eigenvalue weighted by Crippen LogP contribution is 2.26. The maximum absolute atomic E-state index is 12.3. The van der Waals surface area contributed by atoms with Crippen molar-refractivity contribution in [2.45, 2.75) is 38.6 Å². The summed E-state index contributed by atoms with van der Waals surface area (Å²) in [6, 6.07) is 1.89. The van der Waals surface area contributed by atoms with Crippen LogP contribution in [0.25, 0.3) is 0 Å². The Morgan fingerprint density at radius 3 is 3.04 bits per heavy atom. The topological polar surface area (TPSA) is 78.1 Å². The fourth-order valence-corrected chi connectivity index (χ4v) is 3.28. The molecule has 1 aliphatic rings. The van der Waals surface area contributed by atoms with E-state index < -0.39 is 0 Å². The zero-order chi connectivity index (χ0) is 17.6. The van der Waals surface area contributed by atoms with Gasteiger partial charge >= 0.3 is 0 Å². The number of carbonyl (C=O) groups is 1. The van der Waals surface area contributed by atoms with E-state index in [2.05, 4.69) is 15.3 Å². The van der Waals surface area contributed by atoms with E-state index in [0.29, 0.717) is 32.7 Å². The molecule has 0 unspecified atom stereocenters. The minimum atomic E-state index is 0.164. The number of likely N-dealkylation sites (tertiary alicyclic amines) is 1. The third kappa shape index (κ3) is 4.25. The number of aromatic nitrogens is 5. The van der Waals surface area contributed by atoms with Crippen molar-refractivity contribution in [3.05, 3.63) is 30.1 Å². The van der Waals surface area contributed by atoms with E-state index in [1.54, 1.807) is 6.20 Å². The minimum Gasteiger partial charge on any atom is -0.381 e. The summed E-state index contributed by atoms with van der Waals surface area (Å²) in [6.07, 6.45) is 6.14. The Morgan fingerprint density at radius 1 is 1.40 bits per heavy atom. The van der Waals surface area contributed by atoms with Gasteiger partial charge in [0.1, 0.15) is 12.4 Å². The fourth-order valence-electron chi connectivity index (χ4n) is 3.28. The molecule has 0 saturated carbocycles. The van der Waals surface area contributed by atoms with Crippen LogP contribution in [0.5, 0.6) is 0 Å². The lowest BCUT2D eigenvalue weighted by Gasteiger charge is -2.32. The van der Waals surface area contributed by atoms with Crippen molar-refractivity contribution >= 4 is 5.91 Å². The fraction of sp³-hybridized carbons (Fsp3) is 0.647. The largest absolute Gasteiger partial charge is 0.381 e. The SMILES string of the molecule is CCOCCC(=O)N1CCC[C@H](c2nnc(Cn3cccn3)n2C)C1. The zero-order valence-corrected chi connectivity index (χ0v) is 15.0. The standard InChI is InChI=1S/C17H26N6O2/c1-3-25-11-7-16(24)22-9-4-6-14(12-22)17-20-19-15(21(17)2)13-23-10-5-8-18-23/h5,8,10,14H,3-4,6-7,9,11-13H2,1-2H3/t14-/m0/s1. The molecule has 8 heteroatoms. The van der Waals surface area contributed by atoms with Gasteiger partial charge in [0.2, 0.25) is 5.91 Å². The molecule has 2 aromatic rings. The lowest BCUT2D eigenvalue weighted by atomic mass is 9.97. The minimum absolute atomic E-state index is 0.164. The molecule has 8 nitrogen and oxygen atoms in total. The van der Waals surface area contributed by atoms with Gasteiger partial charge in [-0.05, 0) is 25.8 Å². The Morgan fingerprint density at radius 2 is 2.28 bits per heavy atom. The molecule has 0 spiro atoms. The first kappa shape index (κ1) is 17.6. The van der Waals surface area contributed by atoms with Crippen LogP contribution in [0.1, 0.15) is 43.8 Å². The van der Waals surface area contributed by atoms with Gasteiger partial charge < -0.3 is 14.2 Å². The van der Waals surface area contributed by atoms with E-state index in [1.165, 1.54) is 0 Å². The predicted octanol–water partition coefficient (Wildman–Crippen LogP) is 1.19. The van der Waals surface area contributed by atoms with Crippen molar-refractivity contribution in [1.29, 1.82) is 0 Å². The first-order chi connectivity index (χ1) is 12.2. The van der Waals surface area contributed by atoms with Crippen molar-refractivity contribution in [3.63, 3.8) is 0 Å². The molecular weight excluding hydrogens is 320 g/mol. The van der Waals surface area contributed by atoms with E-state index >= 15 is 0 Å². The average Bonchev–Trinajstić information content (AvgIpc) is 3.26. The molecule has 0 radical (unpaired) electrons. The summed E-state index contributed by atoms with van der Waals surface area (Å²) in [5.74, 6) is 2.22. The summed E-state index contributed by atoms with van der Waals surface area (Å²) < 4.78 is 9.17. The monoisotopic (exact) mass is 346 g/mol. The lowest BCUT2D eigenvalue weighted by Crippen LogP contribution is -2.40. The van der Waals surface area contributed by atoms with Gasteiger partial charge in [-0.2, -0.15) is 5.10 Å². The van der Waals surface area contributed by atoms with E-state index in [-0.39, 0.29) is 11.8 Å². The molecule has 1 atom stereocenters. The number of hydrogen-bond acceptors (Lipinski definition) is 5. The second kappa shape index (κ2) is 8.24. The van der Waals surface area contributed by atoms with Crippen LogP contribution in [-0.4, -0.2) is 61.7 Å². The molecule has 0 aromatic carbocycles. The Labute approximate surface area is 147 Å². The summed E-state index contributed by atoms with van der Waals surface area (Å²) in [4.78, 5) is 14.3. The molecule has 3 rings (SSSR count). The number of piperidine rings is 1. The number of hydrogen-bond donors (Lipinski definition) is 0. The van der Waals surface area contributed by atoms with Gasteiger partial charge in [-0.3, -0.25) is 9.48 Å². The molecule has 0 aliphatic carbocycles. The maximum atomic E-state index is 12.3. The van der Waals surface area contributed by atoms with Crippen molar-refractivity contribution < 1.29 is 9.53 Å². The van der Waals surface area contributed by atoms with E-state index in [0.717, 1.165) is 31.0 Å². The highest BCUT2D eigenvalue weighted by molar-refractivity contribution is 5.76. The quantitative estimate of drug-likeness (QED) is 0.704. The Balaban J connectivity index is 1.63. The number of nitrogens with zero attached hydrogens (tertiary/aromatic N) is 6. The molecule has 1 saturated heterocycles. The van der Waals surface area contributed by atoms with Crippen LogP contribution in [0.2, 0.25) is 0 Å². The van der Waals surface area contributed by atoms with Crippen molar-refractivity contribution in [2.24, 2.45) is 7.05 Å². The Kier molecular flexibility index (Phi) is 5.80. The molecule has 3 heterocycles. The van der Waals surface area contributed by atoms with Crippen LogP contribution in [0, 0.1) is 0 Å². The first-order valence-electron chi connectivity index (χ1n) is 8.90. The number of rotatable bonds is 7. The molecule has 1 amide bonds. The second-order valence-electron chi connectivity index (χ2n) is 6.36. The van der Waals surface area contributed by atoms with Crippen molar-refractivity contribution in [1.82, 2.24) is 29.4 Å². The molecule has 0 bridgehead atoms. The smallest absolute Gasteiger partial charge is 0.224 e. The molecule has 1 fully saturated rings. The third-order valence-corrected chi connectivity index (χ3v) is 4.66. The van der Waals surface area contributed by atoms with Crippen LogP contribution in [-0.2, 0) is 23.1 Å². The second-order valence-corrected chi connectivity index (χ2v) is 6.36. The summed E-state index contributed by atoms with van der Waals surface area (Å²) >= 11 is 0. The normalized spacial score (nSPS) is 17.8. The van der Waals surface area contributed by atoms with E-state index in [1.807, 2.05) is 40.4 Å². The van der Waals surface area contributed by atoms with Gasteiger partial charge in [0.25, 0.3) is 0 Å². The highest BCUT2D eigenvalue weighted by atomic mass is 16.5. The molecule has 25 heavy (non-hydrogen) atoms. The van der Waals surface area contributed by atoms with Crippen molar-refractivity contribution in [3.8, 4) is 0 Å². The van der Waals surface area contributed by atoms with Crippen LogP contribution >= 0.6 is 0 Å².